The molecule has 2 nitrogen and oxygen atoms in total. The van der Waals surface area contributed by atoms with Crippen molar-refractivity contribution < 1.29 is 0 Å². The maximum absolute atomic E-state index is 3.78. The van der Waals surface area contributed by atoms with Gasteiger partial charge in [-0.2, -0.15) is 0 Å². The molecule has 112 valence electrons. The van der Waals surface area contributed by atoms with Crippen molar-refractivity contribution in [1.29, 1.82) is 0 Å². The number of unbranched alkanes of at least 4 members (excludes halogenated alkanes) is 1. The van der Waals surface area contributed by atoms with Crippen LogP contribution in [-0.2, 0) is 0 Å². The molecule has 2 N–H and O–H groups in total. The van der Waals surface area contributed by atoms with Gasteiger partial charge in [0.1, 0.15) is 0 Å². The van der Waals surface area contributed by atoms with Crippen molar-refractivity contribution in [3.8, 4) is 0 Å². The quantitative estimate of drug-likeness (QED) is 0.776. The first kappa shape index (κ1) is 14.4. The Kier molecular flexibility index (Phi) is 3.90. The lowest BCUT2D eigenvalue weighted by molar-refractivity contribution is 0.431. The highest BCUT2D eigenvalue weighted by atomic mass is 15.0. The lowest BCUT2D eigenvalue weighted by Gasteiger charge is -2.37. The number of para-hydroxylation sites is 1. The number of fused-ring (bicyclic) bond motifs is 1. The number of allylic oxidation sites excluding steroid dienone is 2. The van der Waals surface area contributed by atoms with Gasteiger partial charge in [-0.15, -0.1) is 0 Å². The van der Waals surface area contributed by atoms with Crippen LogP contribution < -0.4 is 10.6 Å². The number of rotatable bonds is 4. The predicted octanol–water partition coefficient (Wildman–Crippen LogP) is 4.78. The molecule has 0 fully saturated rings. The monoisotopic (exact) mass is 282 g/mol. The molecule has 1 aliphatic heterocycles. The highest BCUT2D eigenvalue weighted by Gasteiger charge is 2.32. The van der Waals surface area contributed by atoms with Gasteiger partial charge in [0.2, 0.25) is 0 Å². The zero-order chi connectivity index (χ0) is 14.9. The molecule has 1 heterocycles. The highest BCUT2D eigenvalue weighted by Crippen LogP contribution is 2.44. The molecule has 1 aromatic rings. The third-order valence-corrected chi connectivity index (χ3v) is 4.46. The van der Waals surface area contributed by atoms with Crippen LogP contribution in [0.3, 0.4) is 0 Å². The third kappa shape index (κ3) is 2.91. The smallest absolute Gasteiger partial charge is 0.0580 e. The molecular formula is C19H26N2. The molecule has 1 aliphatic carbocycles. The summed E-state index contributed by atoms with van der Waals surface area (Å²) in [6.07, 6.45) is 8.17. The van der Waals surface area contributed by atoms with Crippen molar-refractivity contribution in [2.75, 3.05) is 11.9 Å². The van der Waals surface area contributed by atoms with E-state index in [-0.39, 0.29) is 5.41 Å². The summed E-state index contributed by atoms with van der Waals surface area (Å²) in [6.45, 7) is 7.96. The molecule has 2 heteroatoms. The third-order valence-electron chi connectivity index (χ3n) is 4.46. The Balaban J connectivity index is 1.94. The van der Waals surface area contributed by atoms with Gasteiger partial charge >= 0.3 is 0 Å². The molecule has 0 aromatic heterocycles. The van der Waals surface area contributed by atoms with E-state index in [1.165, 1.54) is 35.4 Å². The number of benzene rings is 1. The SMILES string of the molecule is CCCCNC1C2=C(C=CC(C)(C)C2)Nc2ccccc21. The fourth-order valence-corrected chi connectivity index (χ4v) is 3.29. The van der Waals surface area contributed by atoms with E-state index in [0.29, 0.717) is 6.04 Å². The zero-order valence-corrected chi connectivity index (χ0v) is 13.4. The second kappa shape index (κ2) is 5.69. The maximum Gasteiger partial charge on any atom is 0.0580 e. The van der Waals surface area contributed by atoms with Crippen LogP contribution in [0.1, 0.15) is 51.6 Å². The normalized spacial score (nSPS) is 22.5. The molecule has 3 rings (SSSR count). The predicted molar refractivity (Wildman–Crippen MR) is 90.3 cm³/mol. The lowest BCUT2D eigenvalue weighted by atomic mass is 9.76. The van der Waals surface area contributed by atoms with Crippen molar-refractivity contribution in [3.63, 3.8) is 0 Å². The van der Waals surface area contributed by atoms with E-state index >= 15 is 0 Å². The summed E-state index contributed by atoms with van der Waals surface area (Å²) >= 11 is 0. The van der Waals surface area contributed by atoms with Crippen molar-refractivity contribution in [1.82, 2.24) is 5.32 Å². The molecule has 0 bridgehead atoms. The molecule has 1 atom stereocenters. The number of hydrogen-bond acceptors (Lipinski definition) is 2. The Labute approximate surface area is 128 Å². The summed E-state index contributed by atoms with van der Waals surface area (Å²) in [5.41, 5.74) is 5.68. The summed E-state index contributed by atoms with van der Waals surface area (Å²) in [6, 6.07) is 9.04. The molecule has 0 saturated heterocycles. The summed E-state index contributed by atoms with van der Waals surface area (Å²) < 4.78 is 0. The molecule has 0 spiro atoms. The number of hydrogen-bond donors (Lipinski definition) is 2. The highest BCUT2D eigenvalue weighted by molar-refractivity contribution is 5.65. The average molecular weight is 282 g/mol. The van der Waals surface area contributed by atoms with Crippen LogP contribution in [0, 0.1) is 5.41 Å². The van der Waals surface area contributed by atoms with E-state index in [1.807, 2.05) is 0 Å². The van der Waals surface area contributed by atoms with E-state index in [1.54, 1.807) is 0 Å². The van der Waals surface area contributed by atoms with E-state index in [2.05, 4.69) is 67.8 Å². The minimum atomic E-state index is 0.248. The molecule has 0 radical (unpaired) electrons. The Hall–Kier alpha value is -1.54. The Morgan fingerprint density at radius 1 is 1.29 bits per heavy atom. The van der Waals surface area contributed by atoms with Crippen molar-refractivity contribution >= 4 is 5.69 Å². The van der Waals surface area contributed by atoms with Gasteiger partial charge in [0.05, 0.1) is 6.04 Å². The van der Waals surface area contributed by atoms with Gasteiger partial charge in [0.25, 0.3) is 0 Å². The van der Waals surface area contributed by atoms with Crippen LogP contribution in [0.25, 0.3) is 0 Å². The van der Waals surface area contributed by atoms with Gasteiger partial charge in [-0.3, -0.25) is 0 Å². The molecule has 0 amide bonds. The Bertz CT molecular complexity index is 581. The van der Waals surface area contributed by atoms with E-state index in [9.17, 15) is 0 Å². The lowest BCUT2D eigenvalue weighted by Crippen LogP contribution is -2.32. The molecule has 1 aromatic carbocycles. The van der Waals surface area contributed by atoms with Crippen LogP contribution >= 0.6 is 0 Å². The van der Waals surface area contributed by atoms with Crippen LogP contribution in [0.15, 0.2) is 47.7 Å². The van der Waals surface area contributed by atoms with Gasteiger partial charge in [-0.1, -0.05) is 51.5 Å². The van der Waals surface area contributed by atoms with Crippen LogP contribution in [0.2, 0.25) is 0 Å². The summed E-state index contributed by atoms with van der Waals surface area (Å²) in [7, 11) is 0. The fraction of sp³-hybridized carbons (Fsp3) is 0.474. The van der Waals surface area contributed by atoms with Gasteiger partial charge in [-0.25, -0.2) is 0 Å². The van der Waals surface area contributed by atoms with Crippen molar-refractivity contribution in [3.05, 3.63) is 53.3 Å². The van der Waals surface area contributed by atoms with E-state index in [0.717, 1.165) is 13.0 Å². The molecule has 1 unspecified atom stereocenters. The molecule has 0 saturated carbocycles. The first-order valence-corrected chi connectivity index (χ1v) is 8.12. The molecule has 2 aliphatic rings. The van der Waals surface area contributed by atoms with Crippen LogP contribution in [-0.4, -0.2) is 6.54 Å². The van der Waals surface area contributed by atoms with E-state index < -0.39 is 0 Å². The van der Waals surface area contributed by atoms with E-state index in [4.69, 9.17) is 0 Å². The number of nitrogens with one attached hydrogen (secondary N) is 2. The van der Waals surface area contributed by atoms with Crippen LogP contribution in [0.4, 0.5) is 5.69 Å². The largest absolute Gasteiger partial charge is 0.355 e. The van der Waals surface area contributed by atoms with Crippen LogP contribution in [0.5, 0.6) is 0 Å². The fourth-order valence-electron chi connectivity index (χ4n) is 3.29. The Morgan fingerprint density at radius 2 is 2.10 bits per heavy atom. The summed E-state index contributed by atoms with van der Waals surface area (Å²) in [5, 5.41) is 7.39. The molecule has 21 heavy (non-hydrogen) atoms. The zero-order valence-electron chi connectivity index (χ0n) is 13.4. The minimum absolute atomic E-state index is 0.248. The first-order chi connectivity index (χ1) is 10.1. The maximum atomic E-state index is 3.78. The second-order valence-electron chi connectivity index (χ2n) is 6.89. The standard InChI is InChI=1S/C19H26N2/c1-4-5-12-20-18-14-8-6-7-9-16(14)21-17-10-11-19(2,3)13-15(17)18/h6-11,18,20-21H,4-5,12-13H2,1-3H3. The minimum Gasteiger partial charge on any atom is -0.355 e. The van der Waals surface area contributed by atoms with Gasteiger partial charge < -0.3 is 10.6 Å². The summed E-state index contributed by atoms with van der Waals surface area (Å²) in [5.74, 6) is 0. The van der Waals surface area contributed by atoms with Gasteiger partial charge in [0, 0.05) is 11.4 Å². The van der Waals surface area contributed by atoms with Gasteiger partial charge in [-0.05, 0) is 48.1 Å². The van der Waals surface area contributed by atoms with Gasteiger partial charge in [0.15, 0.2) is 0 Å². The number of anilines is 1. The topological polar surface area (TPSA) is 24.1 Å². The van der Waals surface area contributed by atoms with Crippen molar-refractivity contribution in [2.45, 2.75) is 46.1 Å². The summed E-state index contributed by atoms with van der Waals surface area (Å²) in [4.78, 5) is 0. The first-order valence-electron chi connectivity index (χ1n) is 8.12. The van der Waals surface area contributed by atoms with Crippen molar-refractivity contribution in [2.24, 2.45) is 5.41 Å². The Morgan fingerprint density at radius 3 is 2.90 bits per heavy atom. The average Bonchev–Trinajstić information content (AvgIpc) is 2.47. The molecular weight excluding hydrogens is 256 g/mol. The second-order valence-corrected chi connectivity index (χ2v) is 6.89.